The molecule has 3 rings (SSSR count). The molecule has 0 aromatic heterocycles. The summed E-state index contributed by atoms with van der Waals surface area (Å²) in [6.45, 7) is 3.72. The van der Waals surface area contributed by atoms with Crippen LogP contribution in [0.2, 0.25) is 0 Å². The lowest BCUT2D eigenvalue weighted by atomic mass is 10.1. The predicted molar refractivity (Wildman–Crippen MR) is 95.3 cm³/mol. The van der Waals surface area contributed by atoms with Crippen LogP contribution in [-0.4, -0.2) is 28.9 Å². The van der Waals surface area contributed by atoms with Crippen LogP contribution in [0.1, 0.15) is 41.4 Å². The third-order valence-corrected chi connectivity index (χ3v) is 4.03. The smallest absolute Gasteiger partial charge is 0.338 e. The number of rotatable bonds is 5. The summed E-state index contributed by atoms with van der Waals surface area (Å²) in [7, 11) is 0. The summed E-state index contributed by atoms with van der Waals surface area (Å²) in [6, 6.07) is 14.7. The Bertz CT molecular complexity index is 815. The maximum absolute atomic E-state index is 12.6. The van der Waals surface area contributed by atoms with Gasteiger partial charge >= 0.3 is 12.0 Å². The molecule has 6 heteroatoms. The van der Waals surface area contributed by atoms with Gasteiger partial charge in [0.25, 0.3) is 5.91 Å². The van der Waals surface area contributed by atoms with E-state index in [1.165, 1.54) is 4.90 Å². The number of imide groups is 1. The Morgan fingerprint density at radius 3 is 2.35 bits per heavy atom. The predicted octanol–water partition coefficient (Wildman–Crippen LogP) is 3.04. The van der Waals surface area contributed by atoms with Gasteiger partial charge in [0.05, 0.1) is 18.2 Å². The third-order valence-electron chi connectivity index (χ3n) is 4.03. The Morgan fingerprint density at radius 1 is 1.08 bits per heavy atom. The maximum Gasteiger partial charge on any atom is 0.338 e. The van der Waals surface area contributed by atoms with E-state index < -0.39 is 18.0 Å². The molecule has 1 aliphatic rings. The van der Waals surface area contributed by atoms with Crippen LogP contribution in [0.25, 0.3) is 0 Å². The first-order chi connectivity index (χ1) is 12.5. The zero-order chi connectivity index (χ0) is 18.7. The standard InChI is InChI=1S/C20H20N2O4/c1-13(2)26-19(24)16-10-8-14(9-11-16)12-22-18(23)17(21-20(22)25)15-6-4-3-5-7-15/h3-11,13,17H,12H2,1-2H3,(H,21,25). The first-order valence-electron chi connectivity index (χ1n) is 8.42. The van der Waals surface area contributed by atoms with Crippen molar-refractivity contribution >= 4 is 17.9 Å². The van der Waals surface area contributed by atoms with Crippen molar-refractivity contribution in [1.29, 1.82) is 0 Å². The van der Waals surface area contributed by atoms with E-state index in [0.717, 1.165) is 11.1 Å². The van der Waals surface area contributed by atoms with Gasteiger partial charge in [-0.05, 0) is 37.1 Å². The largest absolute Gasteiger partial charge is 0.459 e. The molecule has 1 N–H and O–H groups in total. The second-order valence-corrected chi connectivity index (χ2v) is 6.37. The number of carbonyl (C=O) groups excluding carboxylic acids is 3. The summed E-state index contributed by atoms with van der Waals surface area (Å²) >= 11 is 0. The number of nitrogens with zero attached hydrogens (tertiary/aromatic N) is 1. The molecule has 0 bridgehead atoms. The molecule has 1 heterocycles. The van der Waals surface area contributed by atoms with Gasteiger partial charge in [-0.2, -0.15) is 0 Å². The van der Waals surface area contributed by atoms with Crippen LogP contribution in [0.15, 0.2) is 54.6 Å². The van der Waals surface area contributed by atoms with Crippen LogP contribution in [-0.2, 0) is 16.1 Å². The zero-order valence-electron chi connectivity index (χ0n) is 14.6. The van der Waals surface area contributed by atoms with E-state index in [4.69, 9.17) is 4.74 Å². The lowest BCUT2D eigenvalue weighted by molar-refractivity contribution is -0.128. The van der Waals surface area contributed by atoms with Crippen molar-refractivity contribution < 1.29 is 19.1 Å². The van der Waals surface area contributed by atoms with E-state index in [9.17, 15) is 14.4 Å². The Labute approximate surface area is 151 Å². The molecular weight excluding hydrogens is 332 g/mol. The van der Waals surface area contributed by atoms with Gasteiger partial charge < -0.3 is 10.1 Å². The maximum atomic E-state index is 12.6. The molecule has 2 aromatic rings. The fraction of sp³-hybridized carbons (Fsp3) is 0.250. The van der Waals surface area contributed by atoms with E-state index in [2.05, 4.69) is 5.32 Å². The molecule has 1 fully saturated rings. The van der Waals surface area contributed by atoms with Crippen molar-refractivity contribution in [2.45, 2.75) is 32.5 Å². The van der Waals surface area contributed by atoms with E-state index in [1.807, 2.05) is 30.3 Å². The summed E-state index contributed by atoms with van der Waals surface area (Å²) in [5, 5.41) is 2.70. The fourth-order valence-electron chi connectivity index (χ4n) is 2.75. The minimum Gasteiger partial charge on any atom is -0.459 e. The molecule has 0 saturated carbocycles. The van der Waals surface area contributed by atoms with Crippen molar-refractivity contribution in [1.82, 2.24) is 10.2 Å². The molecule has 134 valence electrons. The monoisotopic (exact) mass is 352 g/mol. The zero-order valence-corrected chi connectivity index (χ0v) is 14.6. The average Bonchev–Trinajstić information content (AvgIpc) is 2.91. The molecule has 26 heavy (non-hydrogen) atoms. The lowest BCUT2D eigenvalue weighted by Gasteiger charge is -2.14. The third kappa shape index (κ3) is 3.74. The fourth-order valence-corrected chi connectivity index (χ4v) is 2.75. The number of nitrogens with one attached hydrogen (secondary N) is 1. The molecule has 1 aliphatic heterocycles. The van der Waals surface area contributed by atoms with Gasteiger partial charge in [-0.15, -0.1) is 0 Å². The number of amides is 3. The molecule has 1 atom stereocenters. The highest BCUT2D eigenvalue weighted by Gasteiger charge is 2.38. The van der Waals surface area contributed by atoms with Crippen LogP contribution in [0.4, 0.5) is 4.79 Å². The average molecular weight is 352 g/mol. The lowest BCUT2D eigenvalue weighted by Crippen LogP contribution is -2.30. The second kappa shape index (κ2) is 7.39. The highest BCUT2D eigenvalue weighted by molar-refractivity contribution is 6.04. The Balaban J connectivity index is 1.70. The van der Waals surface area contributed by atoms with E-state index in [1.54, 1.807) is 38.1 Å². The first-order valence-corrected chi connectivity index (χ1v) is 8.42. The quantitative estimate of drug-likeness (QED) is 0.663. The molecule has 2 aromatic carbocycles. The summed E-state index contributed by atoms with van der Waals surface area (Å²) < 4.78 is 5.14. The Kier molecular flexibility index (Phi) is 5.02. The van der Waals surface area contributed by atoms with Crippen molar-refractivity contribution in [2.75, 3.05) is 0 Å². The number of hydrogen-bond donors (Lipinski definition) is 1. The summed E-state index contributed by atoms with van der Waals surface area (Å²) in [5.41, 5.74) is 1.94. The van der Waals surface area contributed by atoms with Crippen molar-refractivity contribution in [3.8, 4) is 0 Å². The molecule has 6 nitrogen and oxygen atoms in total. The molecule has 1 saturated heterocycles. The molecule has 3 amide bonds. The van der Waals surface area contributed by atoms with E-state index in [-0.39, 0.29) is 18.6 Å². The minimum absolute atomic E-state index is 0.146. The summed E-state index contributed by atoms with van der Waals surface area (Å²) in [5.74, 6) is -0.685. The van der Waals surface area contributed by atoms with Gasteiger partial charge in [0.15, 0.2) is 0 Å². The summed E-state index contributed by atoms with van der Waals surface area (Å²) in [4.78, 5) is 37.8. The number of benzene rings is 2. The minimum atomic E-state index is -0.663. The highest BCUT2D eigenvalue weighted by Crippen LogP contribution is 2.23. The normalized spacial score (nSPS) is 16.7. The van der Waals surface area contributed by atoms with Crippen molar-refractivity contribution in [3.05, 3.63) is 71.3 Å². The molecule has 0 spiro atoms. The van der Waals surface area contributed by atoms with E-state index in [0.29, 0.717) is 5.56 Å². The van der Waals surface area contributed by atoms with Gasteiger partial charge in [-0.3, -0.25) is 9.69 Å². The van der Waals surface area contributed by atoms with Gasteiger partial charge in [0, 0.05) is 0 Å². The highest BCUT2D eigenvalue weighted by atomic mass is 16.5. The summed E-state index contributed by atoms with van der Waals surface area (Å²) in [6.07, 6.45) is -0.192. The molecule has 0 radical (unpaired) electrons. The number of carbonyl (C=O) groups is 3. The SMILES string of the molecule is CC(C)OC(=O)c1ccc(CN2C(=O)NC(c3ccccc3)C2=O)cc1. The Hall–Kier alpha value is -3.15. The van der Waals surface area contributed by atoms with Crippen LogP contribution in [0.5, 0.6) is 0 Å². The Morgan fingerprint density at radius 2 is 1.73 bits per heavy atom. The van der Waals surface area contributed by atoms with Crippen LogP contribution in [0, 0.1) is 0 Å². The molecule has 0 aliphatic carbocycles. The van der Waals surface area contributed by atoms with Gasteiger partial charge in [0.1, 0.15) is 6.04 Å². The number of hydrogen-bond acceptors (Lipinski definition) is 4. The van der Waals surface area contributed by atoms with Crippen LogP contribution < -0.4 is 5.32 Å². The van der Waals surface area contributed by atoms with Gasteiger partial charge in [0.2, 0.25) is 0 Å². The molecule has 1 unspecified atom stereocenters. The number of esters is 1. The van der Waals surface area contributed by atoms with Crippen LogP contribution >= 0.6 is 0 Å². The second-order valence-electron chi connectivity index (χ2n) is 6.37. The van der Waals surface area contributed by atoms with Crippen molar-refractivity contribution in [3.63, 3.8) is 0 Å². The van der Waals surface area contributed by atoms with Crippen LogP contribution in [0.3, 0.4) is 0 Å². The topological polar surface area (TPSA) is 75.7 Å². The number of urea groups is 1. The van der Waals surface area contributed by atoms with Gasteiger partial charge in [-0.25, -0.2) is 9.59 Å². The van der Waals surface area contributed by atoms with Gasteiger partial charge in [-0.1, -0.05) is 42.5 Å². The van der Waals surface area contributed by atoms with E-state index >= 15 is 0 Å². The number of ether oxygens (including phenoxy) is 1. The van der Waals surface area contributed by atoms with Crippen molar-refractivity contribution in [2.24, 2.45) is 0 Å². The first kappa shape index (κ1) is 17.7. The molecular formula is C20H20N2O4.